The van der Waals surface area contributed by atoms with E-state index in [9.17, 15) is 13.2 Å². The van der Waals surface area contributed by atoms with Crippen LogP contribution in [0.5, 0.6) is 11.5 Å². The number of nitrogens with zero attached hydrogens (tertiary/aromatic N) is 2. The first-order chi connectivity index (χ1) is 14.3. The van der Waals surface area contributed by atoms with Crippen molar-refractivity contribution in [2.24, 2.45) is 0 Å². The number of benzene rings is 2. The van der Waals surface area contributed by atoms with Crippen molar-refractivity contribution in [2.75, 3.05) is 25.3 Å². The van der Waals surface area contributed by atoms with E-state index < -0.39 is 15.7 Å². The molecule has 0 saturated heterocycles. The van der Waals surface area contributed by atoms with E-state index in [1.165, 1.54) is 26.4 Å². The molecule has 0 bridgehead atoms. The summed E-state index contributed by atoms with van der Waals surface area (Å²) in [5, 5.41) is 10.1. The number of carbonyl (C=O) groups excluding carboxylic acids is 1. The standard InChI is InChI=1S/C20H21N3O6S/c1-13-4-7-15(8-5-13)30(25,26)11-10-18(24)21-20-23-22-19(29-20)16-12-14(27-2)6-9-17(16)28-3/h4-9,12H,10-11H2,1-3H3,(H,21,23,24). The molecule has 3 aromatic rings. The normalized spacial score (nSPS) is 11.2. The minimum Gasteiger partial charge on any atom is -0.497 e. The average molecular weight is 431 g/mol. The summed E-state index contributed by atoms with van der Waals surface area (Å²) in [7, 11) is -0.554. The Morgan fingerprint density at radius 3 is 2.47 bits per heavy atom. The predicted molar refractivity (Wildman–Crippen MR) is 109 cm³/mol. The molecular formula is C20H21N3O6S. The summed E-state index contributed by atoms with van der Waals surface area (Å²) in [6, 6.07) is 11.4. The number of nitrogens with one attached hydrogen (secondary N) is 1. The lowest BCUT2D eigenvalue weighted by atomic mass is 10.2. The molecule has 1 aromatic heterocycles. The van der Waals surface area contributed by atoms with E-state index in [2.05, 4.69) is 15.5 Å². The van der Waals surface area contributed by atoms with Crippen molar-refractivity contribution in [1.82, 2.24) is 10.2 Å². The van der Waals surface area contributed by atoms with E-state index in [4.69, 9.17) is 13.9 Å². The number of aryl methyl sites for hydroxylation is 1. The Kier molecular flexibility index (Phi) is 6.36. The van der Waals surface area contributed by atoms with Gasteiger partial charge in [-0.15, -0.1) is 5.10 Å². The Bertz CT molecular complexity index is 1140. The number of sulfone groups is 1. The fourth-order valence-electron chi connectivity index (χ4n) is 2.64. The van der Waals surface area contributed by atoms with Crippen molar-refractivity contribution < 1.29 is 27.1 Å². The minimum absolute atomic E-state index is 0.119. The van der Waals surface area contributed by atoms with Gasteiger partial charge in [0, 0.05) is 6.42 Å². The fraction of sp³-hybridized carbons (Fsp3) is 0.250. The van der Waals surface area contributed by atoms with Crippen LogP contribution in [-0.2, 0) is 14.6 Å². The molecule has 10 heteroatoms. The molecule has 1 heterocycles. The molecule has 9 nitrogen and oxygen atoms in total. The Hall–Kier alpha value is -3.40. The molecule has 30 heavy (non-hydrogen) atoms. The summed E-state index contributed by atoms with van der Waals surface area (Å²) < 4.78 is 40.7. The zero-order valence-electron chi connectivity index (χ0n) is 16.7. The maximum Gasteiger partial charge on any atom is 0.322 e. The summed E-state index contributed by atoms with van der Waals surface area (Å²) in [6.45, 7) is 1.86. The predicted octanol–water partition coefficient (Wildman–Crippen LogP) is 2.86. The third-order valence-corrected chi connectivity index (χ3v) is 6.02. The number of ether oxygens (including phenoxy) is 2. The van der Waals surface area contributed by atoms with Crippen molar-refractivity contribution in [3.63, 3.8) is 0 Å². The van der Waals surface area contributed by atoms with Gasteiger partial charge in [0.1, 0.15) is 11.5 Å². The van der Waals surface area contributed by atoms with Crippen LogP contribution in [0.1, 0.15) is 12.0 Å². The molecule has 0 aliphatic rings. The molecule has 0 aliphatic carbocycles. The van der Waals surface area contributed by atoms with Crippen LogP contribution in [0.15, 0.2) is 51.8 Å². The van der Waals surface area contributed by atoms with Crippen LogP contribution >= 0.6 is 0 Å². The number of amides is 1. The Morgan fingerprint density at radius 1 is 1.07 bits per heavy atom. The number of rotatable bonds is 8. The highest BCUT2D eigenvalue weighted by Gasteiger charge is 2.19. The van der Waals surface area contributed by atoms with E-state index in [1.54, 1.807) is 30.3 Å². The highest BCUT2D eigenvalue weighted by atomic mass is 32.2. The Balaban J connectivity index is 1.66. The van der Waals surface area contributed by atoms with Gasteiger partial charge in [0.2, 0.25) is 5.91 Å². The van der Waals surface area contributed by atoms with Gasteiger partial charge < -0.3 is 13.9 Å². The first kappa shape index (κ1) is 21.3. The van der Waals surface area contributed by atoms with Crippen LogP contribution in [-0.4, -0.2) is 44.5 Å². The van der Waals surface area contributed by atoms with E-state index in [0.29, 0.717) is 17.1 Å². The third kappa shape index (κ3) is 4.95. The summed E-state index contributed by atoms with van der Waals surface area (Å²) in [5.74, 6) is 0.274. The SMILES string of the molecule is COc1ccc(OC)c(-c2nnc(NC(=O)CCS(=O)(=O)c3ccc(C)cc3)o2)c1. The number of carbonyl (C=O) groups is 1. The van der Waals surface area contributed by atoms with Gasteiger partial charge in [-0.05, 0) is 37.3 Å². The minimum atomic E-state index is -3.58. The zero-order valence-corrected chi connectivity index (χ0v) is 17.5. The summed E-state index contributed by atoms with van der Waals surface area (Å²) in [4.78, 5) is 12.3. The number of methoxy groups -OCH3 is 2. The molecule has 0 unspecified atom stereocenters. The first-order valence-electron chi connectivity index (χ1n) is 8.97. The maximum atomic E-state index is 12.4. The quantitative estimate of drug-likeness (QED) is 0.578. The third-order valence-electron chi connectivity index (χ3n) is 4.29. The fourth-order valence-corrected chi connectivity index (χ4v) is 3.88. The van der Waals surface area contributed by atoms with Crippen LogP contribution in [0, 0.1) is 6.92 Å². The monoisotopic (exact) mass is 431 g/mol. The summed E-state index contributed by atoms with van der Waals surface area (Å²) in [5.41, 5.74) is 1.44. The van der Waals surface area contributed by atoms with E-state index >= 15 is 0 Å². The van der Waals surface area contributed by atoms with Crippen molar-refractivity contribution >= 4 is 21.8 Å². The van der Waals surface area contributed by atoms with Gasteiger partial charge in [-0.3, -0.25) is 10.1 Å². The lowest BCUT2D eigenvalue weighted by Gasteiger charge is -2.07. The molecule has 0 atom stereocenters. The molecule has 1 amide bonds. The highest BCUT2D eigenvalue weighted by Crippen LogP contribution is 2.33. The van der Waals surface area contributed by atoms with Crippen molar-refractivity contribution in [3.05, 3.63) is 48.0 Å². The van der Waals surface area contributed by atoms with E-state index in [0.717, 1.165) is 5.56 Å². The van der Waals surface area contributed by atoms with E-state index in [1.807, 2.05) is 6.92 Å². The number of hydrogen-bond donors (Lipinski definition) is 1. The molecule has 0 radical (unpaired) electrons. The lowest BCUT2D eigenvalue weighted by molar-refractivity contribution is -0.115. The van der Waals surface area contributed by atoms with Crippen molar-refractivity contribution in [2.45, 2.75) is 18.2 Å². The lowest BCUT2D eigenvalue weighted by Crippen LogP contribution is -2.17. The van der Waals surface area contributed by atoms with Gasteiger partial charge in [-0.1, -0.05) is 22.8 Å². The van der Waals surface area contributed by atoms with Gasteiger partial charge in [-0.25, -0.2) is 8.42 Å². The maximum absolute atomic E-state index is 12.4. The Morgan fingerprint density at radius 2 is 1.80 bits per heavy atom. The van der Waals surface area contributed by atoms with Crippen molar-refractivity contribution in [3.8, 4) is 23.0 Å². The van der Waals surface area contributed by atoms with Crippen LogP contribution in [0.3, 0.4) is 0 Å². The summed E-state index contributed by atoms with van der Waals surface area (Å²) in [6.07, 6.45) is -0.254. The van der Waals surface area contributed by atoms with Gasteiger partial charge in [0.25, 0.3) is 5.89 Å². The molecule has 0 spiro atoms. The molecule has 158 valence electrons. The Labute approximate surface area is 174 Å². The number of hydrogen-bond acceptors (Lipinski definition) is 8. The van der Waals surface area contributed by atoms with E-state index in [-0.39, 0.29) is 29.0 Å². The molecule has 0 saturated carbocycles. The topological polar surface area (TPSA) is 121 Å². The van der Waals surface area contributed by atoms with Crippen LogP contribution < -0.4 is 14.8 Å². The van der Waals surface area contributed by atoms with Gasteiger partial charge in [-0.2, -0.15) is 0 Å². The van der Waals surface area contributed by atoms with Crippen molar-refractivity contribution in [1.29, 1.82) is 0 Å². The average Bonchev–Trinajstić information content (AvgIpc) is 3.20. The highest BCUT2D eigenvalue weighted by molar-refractivity contribution is 7.91. The number of anilines is 1. The molecule has 0 fully saturated rings. The number of aromatic nitrogens is 2. The molecule has 3 rings (SSSR count). The largest absolute Gasteiger partial charge is 0.497 e. The molecule has 0 aliphatic heterocycles. The second-order valence-corrected chi connectivity index (χ2v) is 8.52. The molecular weight excluding hydrogens is 410 g/mol. The van der Waals surface area contributed by atoms with Crippen LogP contribution in [0.4, 0.5) is 6.01 Å². The van der Waals surface area contributed by atoms with Crippen LogP contribution in [0.2, 0.25) is 0 Å². The van der Waals surface area contributed by atoms with Gasteiger partial charge in [0.15, 0.2) is 9.84 Å². The zero-order chi connectivity index (χ0) is 21.7. The smallest absolute Gasteiger partial charge is 0.322 e. The second kappa shape index (κ2) is 8.95. The van der Waals surface area contributed by atoms with Crippen LogP contribution in [0.25, 0.3) is 11.5 Å². The van der Waals surface area contributed by atoms with Gasteiger partial charge >= 0.3 is 6.01 Å². The molecule has 2 aromatic carbocycles. The molecule has 1 N–H and O–H groups in total. The second-order valence-electron chi connectivity index (χ2n) is 6.41. The van der Waals surface area contributed by atoms with Gasteiger partial charge in [0.05, 0.1) is 30.4 Å². The summed E-state index contributed by atoms with van der Waals surface area (Å²) >= 11 is 0. The first-order valence-corrected chi connectivity index (χ1v) is 10.6.